The molecule has 0 saturated heterocycles. The van der Waals surface area contributed by atoms with Crippen molar-refractivity contribution in [2.24, 2.45) is 10.6 Å². The van der Waals surface area contributed by atoms with Gasteiger partial charge in [-0.15, -0.1) is 0 Å². The molecular formula is C15H21NO. The van der Waals surface area contributed by atoms with E-state index in [-0.39, 0.29) is 16.2 Å². The van der Waals surface area contributed by atoms with Crippen molar-refractivity contribution in [2.45, 2.75) is 45.4 Å². The van der Waals surface area contributed by atoms with Crippen LogP contribution in [0.4, 0.5) is 0 Å². The number of nitroso groups, excluding NO2 is 1. The molecule has 2 heteroatoms. The van der Waals surface area contributed by atoms with Crippen molar-refractivity contribution >= 4 is 0 Å². The first kappa shape index (κ1) is 12.3. The van der Waals surface area contributed by atoms with E-state index in [2.05, 4.69) is 64.1 Å². The number of fused-ring (bicyclic) bond motifs is 1. The average Bonchev–Trinajstić information content (AvgIpc) is 2.38. The molecule has 1 atom stereocenters. The van der Waals surface area contributed by atoms with E-state index in [1.54, 1.807) is 0 Å². The van der Waals surface area contributed by atoms with Crippen LogP contribution in [0.1, 0.15) is 45.7 Å². The number of rotatable bonds is 2. The van der Waals surface area contributed by atoms with Crippen LogP contribution in [0, 0.1) is 10.3 Å². The molecule has 0 aliphatic heterocycles. The van der Waals surface area contributed by atoms with Gasteiger partial charge in [-0.2, -0.15) is 4.91 Å². The molecule has 1 aromatic carbocycles. The maximum atomic E-state index is 10.8. The van der Waals surface area contributed by atoms with Crippen molar-refractivity contribution in [2.75, 3.05) is 6.54 Å². The second-order valence-corrected chi connectivity index (χ2v) is 6.41. The largest absolute Gasteiger partial charge is 0.151 e. The summed E-state index contributed by atoms with van der Waals surface area (Å²) >= 11 is 0. The first-order chi connectivity index (χ1) is 7.79. The lowest BCUT2D eigenvalue weighted by molar-refractivity contribution is 0.117. The van der Waals surface area contributed by atoms with E-state index < -0.39 is 0 Å². The summed E-state index contributed by atoms with van der Waals surface area (Å²) < 4.78 is 0. The molecule has 1 aliphatic carbocycles. The van der Waals surface area contributed by atoms with Gasteiger partial charge in [0.1, 0.15) is 0 Å². The van der Waals surface area contributed by atoms with Gasteiger partial charge in [-0.3, -0.25) is 0 Å². The third kappa shape index (κ3) is 1.27. The smallest absolute Gasteiger partial charge is 0.0910 e. The second-order valence-electron chi connectivity index (χ2n) is 6.41. The molecule has 0 bridgehead atoms. The van der Waals surface area contributed by atoms with E-state index in [1.165, 1.54) is 11.1 Å². The molecule has 0 amide bonds. The van der Waals surface area contributed by atoms with E-state index in [4.69, 9.17) is 0 Å². The summed E-state index contributed by atoms with van der Waals surface area (Å²) in [5, 5.41) is 3.20. The standard InChI is InChI=1S/C15H21NO/c1-13(2)11-8-6-7-9-12(11)15(5,10-16-17)14(13,3)4/h6-9H,10H2,1-5H3. The van der Waals surface area contributed by atoms with E-state index in [0.29, 0.717) is 6.54 Å². The monoisotopic (exact) mass is 231 g/mol. The van der Waals surface area contributed by atoms with E-state index in [9.17, 15) is 4.91 Å². The Balaban J connectivity index is 2.74. The summed E-state index contributed by atoms with van der Waals surface area (Å²) in [6.07, 6.45) is 0. The van der Waals surface area contributed by atoms with Crippen molar-refractivity contribution in [3.8, 4) is 0 Å². The molecule has 1 unspecified atom stereocenters. The second kappa shape index (κ2) is 3.41. The minimum Gasteiger partial charge on any atom is -0.151 e. The Morgan fingerprint density at radius 2 is 1.53 bits per heavy atom. The van der Waals surface area contributed by atoms with Gasteiger partial charge >= 0.3 is 0 Å². The van der Waals surface area contributed by atoms with Crippen LogP contribution in [-0.4, -0.2) is 6.54 Å². The van der Waals surface area contributed by atoms with Crippen molar-refractivity contribution in [1.29, 1.82) is 0 Å². The lowest BCUT2D eigenvalue weighted by Crippen LogP contribution is -2.46. The lowest BCUT2D eigenvalue weighted by Gasteiger charge is -2.45. The van der Waals surface area contributed by atoms with Crippen LogP contribution in [0.3, 0.4) is 0 Å². The zero-order valence-corrected chi connectivity index (χ0v) is 11.4. The topological polar surface area (TPSA) is 29.4 Å². The zero-order valence-electron chi connectivity index (χ0n) is 11.4. The van der Waals surface area contributed by atoms with Gasteiger partial charge in [-0.25, -0.2) is 0 Å². The molecule has 0 aromatic heterocycles. The van der Waals surface area contributed by atoms with Crippen molar-refractivity contribution in [3.05, 3.63) is 40.3 Å². The Bertz CT molecular complexity index is 462. The van der Waals surface area contributed by atoms with Crippen molar-refractivity contribution < 1.29 is 0 Å². The lowest BCUT2D eigenvalue weighted by atomic mass is 9.58. The van der Waals surface area contributed by atoms with Crippen LogP contribution >= 0.6 is 0 Å². The van der Waals surface area contributed by atoms with Gasteiger partial charge in [0.05, 0.1) is 6.54 Å². The molecule has 1 aliphatic rings. The van der Waals surface area contributed by atoms with Gasteiger partial charge in [-0.1, -0.05) is 64.1 Å². The number of hydrogen-bond donors (Lipinski definition) is 0. The maximum absolute atomic E-state index is 10.8. The summed E-state index contributed by atoms with van der Waals surface area (Å²) in [7, 11) is 0. The third-order valence-electron chi connectivity index (χ3n) is 5.52. The van der Waals surface area contributed by atoms with Gasteiger partial charge in [0.2, 0.25) is 0 Å². The van der Waals surface area contributed by atoms with Crippen LogP contribution in [0.15, 0.2) is 29.4 Å². The highest BCUT2D eigenvalue weighted by atomic mass is 16.3. The molecular weight excluding hydrogens is 210 g/mol. The van der Waals surface area contributed by atoms with Crippen molar-refractivity contribution in [1.82, 2.24) is 0 Å². The van der Waals surface area contributed by atoms with Gasteiger partial charge in [0.15, 0.2) is 0 Å². The van der Waals surface area contributed by atoms with E-state index in [0.717, 1.165) is 0 Å². The van der Waals surface area contributed by atoms with Gasteiger partial charge in [0.25, 0.3) is 0 Å². The fourth-order valence-electron chi connectivity index (χ4n) is 3.28. The maximum Gasteiger partial charge on any atom is 0.0910 e. The number of hydrogen-bond acceptors (Lipinski definition) is 2. The minimum absolute atomic E-state index is 0.0115. The molecule has 0 fully saturated rings. The molecule has 0 radical (unpaired) electrons. The predicted molar refractivity (Wildman–Crippen MR) is 71.3 cm³/mol. The summed E-state index contributed by atoms with van der Waals surface area (Å²) in [6.45, 7) is 11.5. The SMILES string of the molecule is CC1(C)c2ccccc2C(C)(CN=O)C1(C)C. The Morgan fingerprint density at radius 3 is 2.06 bits per heavy atom. The molecule has 17 heavy (non-hydrogen) atoms. The normalized spacial score (nSPS) is 28.8. The summed E-state index contributed by atoms with van der Waals surface area (Å²) in [6, 6.07) is 8.47. The van der Waals surface area contributed by atoms with Crippen LogP contribution < -0.4 is 0 Å². The summed E-state index contributed by atoms with van der Waals surface area (Å²) in [5.74, 6) is 0. The number of benzene rings is 1. The Hall–Kier alpha value is -1.18. The first-order valence-electron chi connectivity index (χ1n) is 6.18. The predicted octanol–water partition coefficient (Wildman–Crippen LogP) is 4.03. The highest BCUT2D eigenvalue weighted by Crippen LogP contribution is 2.61. The molecule has 2 rings (SSSR count). The molecule has 1 aromatic rings. The van der Waals surface area contributed by atoms with Crippen LogP contribution in [0.25, 0.3) is 0 Å². The first-order valence-corrected chi connectivity index (χ1v) is 6.18. The zero-order chi connectivity index (χ0) is 12.9. The Labute approximate surface area is 103 Å². The Kier molecular flexibility index (Phi) is 2.46. The molecule has 0 saturated carbocycles. The van der Waals surface area contributed by atoms with Crippen LogP contribution in [0.2, 0.25) is 0 Å². The van der Waals surface area contributed by atoms with Crippen LogP contribution in [-0.2, 0) is 10.8 Å². The van der Waals surface area contributed by atoms with Crippen LogP contribution in [0.5, 0.6) is 0 Å². The van der Waals surface area contributed by atoms with Gasteiger partial charge < -0.3 is 0 Å². The van der Waals surface area contributed by atoms with Gasteiger partial charge in [-0.05, 0) is 22.0 Å². The summed E-state index contributed by atoms with van der Waals surface area (Å²) in [5.41, 5.74) is 2.54. The average molecular weight is 231 g/mol. The Morgan fingerprint density at radius 1 is 1.00 bits per heavy atom. The molecule has 0 heterocycles. The molecule has 0 spiro atoms. The fourth-order valence-corrected chi connectivity index (χ4v) is 3.28. The quantitative estimate of drug-likeness (QED) is 0.707. The number of nitrogens with zero attached hydrogens (tertiary/aromatic N) is 1. The third-order valence-corrected chi connectivity index (χ3v) is 5.52. The fraction of sp³-hybridized carbons (Fsp3) is 0.600. The van der Waals surface area contributed by atoms with Gasteiger partial charge in [0, 0.05) is 5.41 Å². The minimum atomic E-state index is -0.172. The van der Waals surface area contributed by atoms with Crippen molar-refractivity contribution in [3.63, 3.8) is 0 Å². The molecule has 92 valence electrons. The highest BCUT2D eigenvalue weighted by Gasteiger charge is 2.59. The molecule has 0 N–H and O–H groups in total. The highest BCUT2D eigenvalue weighted by molar-refractivity contribution is 5.49. The summed E-state index contributed by atoms with van der Waals surface area (Å²) in [4.78, 5) is 10.8. The van der Waals surface area contributed by atoms with E-state index >= 15 is 0 Å². The van der Waals surface area contributed by atoms with E-state index in [1.807, 2.05) is 0 Å². The molecule has 2 nitrogen and oxygen atoms in total.